The summed E-state index contributed by atoms with van der Waals surface area (Å²) in [5.41, 5.74) is 3.01. The average molecular weight is 279 g/mol. The number of hydrogen-bond acceptors (Lipinski definition) is 2. The van der Waals surface area contributed by atoms with Gasteiger partial charge >= 0.3 is 0 Å². The lowest BCUT2D eigenvalue weighted by Crippen LogP contribution is -2.08. The molecule has 0 amide bonds. The van der Waals surface area contributed by atoms with E-state index < -0.39 is 5.82 Å². The molecule has 0 aliphatic heterocycles. The Labute approximate surface area is 117 Å². The molecule has 2 aromatic carbocycles. The SMILES string of the molecule is CN(C)c1ccc(CNc2ccc(Cl)c(F)c2)cc1. The van der Waals surface area contributed by atoms with Crippen LogP contribution in [-0.2, 0) is 6.54 Å². The number of benzene rings is 2. The minimum absolute atomic E-state index is 0.140. The van der Waals surface area contributed by atoms with Gasteiger partial charge in [0.05, 0.1) is 5.02 Å². The molecular formula is C15H16ClFN2. The van der Waals surface area contributed by atoms with E-state index in [1.165, 1.54) is 6.07 Å². The van der Waals surface area contributed by atoms with Gasteiger partial charge in [0, 0.05) is 32.0 Å². The third-order valence-electron chi connectivity index (χ3n) is 2.87. The molecule has 1 N–H and O–H groups in total. The molecule has 0 saturated carbocycles. The van der Waals surface area contributed by atoms with Gasteiger partial charge in [0.25, 0.3) is 0 Å². The first kappa shape index (κ1) is 13.7. The van der Waals surface area contributed by atoms with E-state index in [0.29, 0.717) is 6.54 Å². The van der Waals surface area contributed by atoms with Gasteiger partial charge in [-0.25, -0.2) is 4.39 Å². The molecule has 2 aromatic rings. The fourth-order valence-corrected chi connectivity index (χ4v) is 1.84. The third-order valence-corrected chi connectivity index (χ3v) is 3.18. The van der Waals surface area contributed by atoms with Crippen LogP contribution in [0.1, 0.15) is 5.56 Å². The van der Waals surface area contributed by atoms with E-state index in [1.807, 2.05) is 19.0 Å². The molecule has 0 fully saturated rings. The third kappa shape index (κ3) is 3.61. The van der Waals surface area contributed by atoms with Crippen molar-refractivity contribution in [1.29, 1.82) is 0 Å². The highest BCUT2D eigenvalue weighted by Crippen LogP contribution is 2.19. The van der Waals surface area contributed by atoms with Gasteiger partial charge in [-0.1, -0.05) is 23.7 Å². The second-order valence-electron chi connectivity index (χ2n) is 4.54. The van der Waals surface area contributed by atoms with Crippen LogP contribution in [0.2, 0.25) is 5.02 Å². The lowest BCUT2D eigenvalue weighted by Gasteiger charge is -2.13. The van der Waals surface area contributed by atoms with Crippen LogP contribution in [0, 0.1) is 5.82 Å². The molecule has 0 saturated heterocycles. The molecule has 2 nitrogen and oxygen atoms in total. The highest BCUT2D eigenvalue weighted by Gasteiger charge is 2.01. The maximum absolute atomic E-state index is 13.3. The zero-order valence-electron chi connectivity index (χ0n) is 11.0. The summed E-state index contributed by atoms with van der Waals surface area (Å²) in [6.07, 6.45) is 0. The van der Waals surface area contributed by atoms with Crippen molar-refractivity contribution in [2.45, 2.75) is 6.54 Å². The summed E-state index contributed by atoms with van der Waals surface area (Å²) >= 11 is 5.64. The number of rotatable bonds is 4. The molecule has 0 radical (unpaired) electrons. The average Bonchev–Trinajstić information content (AvgIpc) is 2.40. The van der Waals surface area contributed by atoms with E-state index in [9.17, 15) is 4.39 Å². The molecule has 0 heterocycles. The molecule has 4 heteroatoms. The number of hydrogen-bond donors (Lipinski definition) is 1. The first-order valence-electron chi connectivity index (χ1n) is 6.01. The van der Waals surface area contributed by atoms with Gasteiger partial charge in [-0.2, -0.15) is 0 Å². The van der Waals surface area contributed by atoms with Gasteiger partial charge in [-0.3, -0.25) is 0 Å². The minimum atomic E-state index is -0.408. The first-order chi connectivity index (χ1) is 9.06. The first-order valence-corrected chi connectivity index (χ1v) is 6.39. The minimum Gasteiger partial charge on any atom is -0.381 e. The molecule has 19 heavy (non-hydrogen) atoms. The van der Waals surface area contributed by atoms with Crippen molar-refractivity contribution in [3.05, 3.63) is 58.9 Å². The number of nitrogens with zero attached hydrogens (tertiary/aromatic N) is 1. The quantitative estimate of drug-likeness (QED) is 0.903. The van der Waals surface area contributed by atoms with E-state index in [2.05, 4.69) is 29.6 Å². The number of nitrogens with one attached hydrogen (secondary N) is 1. The van der Waals surface area contributed by atoms with Gasteiger partial charge in [-0.05, 0) is 35.9 Å². The molecule has 100 valence electrons. The fourth-order valence-electron chi connectivity index (χ4n) is 1.72. The van der Waals surface area contributed by atoms with Crippen LogP contribution in [0.4, 0.5) is 15.8 Å². The van der Waals surface area contributed by atoms with E-state index in [4.69, 9.17) is 11.6 Å². The lowest BCUT2D eigenvalue weighted by atomic mass is 10.2. The fraction of sp³-hybridized carbons (Fsp3) is 0.200. The molecule has 0 aromatic heterocycles. The van der Waals surface area contributed by atoms with Crippen molar-refractivity contribution < 1.29 is 4.39 Å². The number of anilines is 2. The Morgan fingerprint density at radius 1 is 1.11 bits per heavy atom. The second-order valence-corrected chi connectivity index (χ2v) is 4.95. The summed E-state index contributed by atoms with van der Waals surface area (Å²) in [5, 5.41) is 3.31. The Balaban J connectivity index is 2.00. The standard InChI is InChI=1S/C15H16ClFN2/c1-19(2)13-6-3-11(4-7-13)10-18-12-5-8-14(16)15(17)9-12/h3-9,18H,10H2,1-2H3. The highest BCUT2D eigenvalue weighted by molar-refractivity contribution is 6.30. The predicted molar refractivity (Wildman–Crippen MR) is 79.5 cm³/mol. The van der Waals surface area contributed by atoms with Gasteiger partial charge in [0.15, 0.2) is 0 Å². The van der Waals surface area contributed by atoms with E-state index in [1.54, 1.807) is 12.1 Å². The molecular weight excluding hydrogens is 263 g/mol. The summed E-state index contributed by atoms with van der Waals surface area (Å²) in [6, 6.07) is 12.9. The van der Waals surface area contributed by atoms with Crippen molar-refractivity contribution in [2.75, 3.05) is 24.3 Å². The molecule has 0 bridgehead atoms. The molecule has 0 aliphatic rings. The van der Waals surface area contributed by atoms with Crippen molar-refractivity contribution in [2.24, 2.45) is 0 Å². The summed E-state index contributed by atoms with van der Waals surface area (Å²) in [4.78, 5) is 2.05. The van der Waals surface area contributed by atoms with Crippen LogP contribution >= 0.6 is 11.6 Å². The molecule has 0 spiro atoms. The maximum atomic E-state index is 13.3. The lowest BCUT2D eigenvalue weighted by molar-refractivity contribution is 0.628. The van der Waals surface area contributed by atoms with Gasteiger partial charge in [0.2, 0.25) is 0 Å². The monoisotopic (exact) mass is 278 g/mol. The van der Waals surface area contributed by atoms with Gasteiger partial charge in [0.1, 0.15) is 5.82 Å². The molecule has 0 atom stereocenters. The van der Waals surface area contributed by atoms with Crippen molar-refractivity contribution >= 4 is 23.0 Å². The Morgan fingerprint density at radius 2 is 1.79 bits per heavy atom. The number of halogens is 2. The van der Waals surface area contributed by atoms with Crippen LogP contribution in [0.5, 0.6) is 0 Å². The molecule has 0 aliphatic carbocycles. The van der Waals surface area contributed by atoms with Crippen molar-refractivity contribution in [3.63, 3.8) is 0 Å². The molecule has 2 rings (SSSR count). The molecule has 0 unspecified atom stereocenters. The second kappa shape index (κ2) is 5.93. The smallest absolute Gasteiger partial charge is 0.143 e. The normalized spacial score (nSPS) is 10.3. The Hall–Kier alpha value is -1.74. The zero-order chi connectivity index (χ0) is 13.8. The zero-order valence-corrected chi connectivity index (χ0v) is 11.7. The summed E-state index contributed by atoms with van der Waals surface area (Å²) in [6.45, 7) is 0.648. The Bertz CT molecular complexity index is 553. The van der Waals surface area contributed by atoms with Crippen LogP contribution in [0.15, 0.2) is 42.5 Å². The van der Waals surface area contributed by atoms with Crippen molar-refractivity contribution in [3.8, 4) is 0 Å². The van der Waals surface area contributed by atoms with Gasteiger partial charge < -0.3 is 10.2 Å². The van der Waals surface area contributed by atoms with Crippen LogP contribution in [0.3, 0.4) is 0 Å². The Morgan fingerprint density at radius 3 is 2.37 bits per heavy atom. The summed E-state index contributed by atoms with van der Waals surface area (Å²) in [5.74, 6) is -0.408. The maximum Gasteiger partial charge on any atom is 0.143 e. The van der Waals surface area contributed by atoms with Gasteiger partial charge in [-0.15, -0.1) is 0 Å². The van der Waals surface area contributed by atoms with Crippen LogP contribution in [0.25, 0.3) is 0 Å². The predicted octanol–water partition coefficient (Wildman–Crippen LogP) is 4.16. The summed E-state index contributed by atoms with van der Waals surface area (Å²) < 4.78 is 13.3. The Kier molecular flexibility index (Phi) is 4.27. The van der Waals surface area contributed by atoms with Crippen LogP contribution < -0.4 is 10.2 Å². The van der Waals surface area contributed by atoms with E-state index in [-0.39, 0.29) is 5.02 Å². The van der Waals surface area contributed by atoms with E-state index >= 15 is 0 Å². The van der Waals surface area contributed by atoms with E-state index in [0.717, 1.165) is 16.9 Å². The van der Waals surface area contributed by atoms with Crippen LogP contribution in [-0.4, -0.2) is 14.1 Å². The summed E-state index contributed by atoms with van der Waals surface area (Å²) in [7, 11) is 4.01. The van der Waals surface area contributed by atoms with Crippen molar-refractivity contribution in [1.82, 2.24) is 0 Å². The largest absolute Gasteiger partial charge is 0.381 e. The topological polar surface area (TPSA) is 15.3 Å². The highest BCUT2D eigenvalue weighted by atomic mass is 35.5.